The quantitative estimate of drug-likeness (QED) is 0.576. The monoisotopic (exact) mass is 160 g/mol. The van der Waals surface area contributed by atoms with Crippen LogP contribution in [0.1, 0.15) is 32.6 Å². The molecule has 66 valence electrons. The zero-order chi connectivity index (χ0) is 8.53. The molecule has 0 radical (unpaired) electrons. The van der Waals surface area contributed by atoms with E-state index in [1.165, 1.54) is 12.8 Å². The summed E-state index contributed by atoms with van der Waals surface area (Å²) in [6.45, 7) is 2.55. The van der Waals surface area contributed by atoms with Gasteiger partial charge < -0.3 is 9.84 Å². The van der Waals surface area contributed by atoms with Gasteiger partial charge in [0.05, 0.1) is 0 Å². The molecule has 0 aliphatic rings. The van der Waals surface area contributed by atoms with Crippen LogP contribution in [0.5, 0.6) is 0 Å². The average Bonchev–Trinajstić information content (AvgIpc) is 1.96. The van der Waals surface area contributed by atoms with Crippen LogP contribution in [0, 0.1) is 0 Å². The van der Waals surface area contributed by atoms with Gasteiger partial charge in [-0.25, -0.2) is 4.79 Å². The summed E-state index contributed by atoms with van der Waals surface area (Å²) in [5, 5.41) is 8.19. The zero-order valence-corrected chi connectivity index (χ0v) is 7.01. The lowest BCUT2D eigenvalue weighted by Crippen LogP contribution is -2.07. The molecule has 0 aromatic rings. The highest BCUT2D eigenvalue weighted by molar-refractivity contribution is 5.67. The molecule has 0 unspecified atom stereocenters. The molecule has 1 N–H and O–H groups in total. The first kappa shape index (κ1) is 10.4. The number of hydrogen-bond acceptors (Lipinski definition) is 2. The van der Waals surface area contributed by atoms with Crippen LogP contribution in [0.4, 0.5) is 0 Å². The third kappa shape index (κ3) is 9.43. The Labute approximate surface area is 67.4 Å². The van der Waals surface area contributed by atoms with Crippen LogP contribution in [0.3, 0.4) is 0 Å². The maximum Gasteiger partial charge on any atom is 0.329 e. The number of unbranched alkanes of at least 4 members (excludes halogenated alkanes) is 3. The van der Waals surface area contributed by atoms with E-state index in [4.69, 9.17) is 9.84 Å². The van der Waals surface area contributed by atoms with E-state index in [1.54, 1.807) is 0 Å². The minimum absolute atomic E-state index is 0.161. The molecule has 0 aromatic heterocycles. The summed E-state index contributed by atoms with van der Waals surface area (Å²) in [4.78, 5) is 9.96. The predicted molar refractivity (Wildman–Crippen MR) is 42.6 cm³/mol. The van der Waals surface area contributed by atoms with E-state index in [0.717, 1.165) is 12.8 Å². The number of hydrogen-bond donors (Lipinski definition) is 1. The Bertz CT molecular complexity index is 102. The highest BCUT2D eigenvalue weighted by Gasteiger charge is 1.94. The molecule has 0 spiro atoms. The highest BCUT2D eigenvalue weighted by Crippen LogP contribution is 1.98. The van der Waals surface area contributed by atoms with Crippen molar-refractivity contribution in [2.24, 2.45) is 0 Å². The van der Waals surface area contributed by atoms with Crippen molar-refractivity contribution < 1.29 is 14.6 Å². The molecule has 0 saturated carbocycles. The van der Waals surface area contributed by atoms with Gasteiger partial charge in [0.2, 0.25) is 0 Å². The van der Waals surface area contributed by atoms with Crippen molar-refractivity contribution in [3.63, 3.8) is 0 Å². The molecule has 0 rings (SSSR count). The van der Waals surface area contributed by atoms with Gasteiger partial charge in [-0.2, -0.15) is 0 Å². The predicted octanol–water partition coefficient (Wildman–Crippen LogP) is 1.67. The largest absolute Gasteiger partial charge is 0.480 e. The van der Waals surface area contributed by atoms with Crippen molar-refractivity contribution in [3.8, 4) is 0 Å². The lowest BCUT2D eigenvalue weighted by atomic mass is 10.2. The fourth-order valence-corrected chi connectivity index (χ4v) is 0.790. The van der Waals surface area contributed by atoms with E-state index in [9.17, 15) is 4.79 Å². The van der Waals surface area contributed by atoms with Gasteiger partial charge >= 0.3 is 5.97 Å². The summed E-state index contributed by atoms with van der Waals surface area (Å²) >= 11 is 0. The molecule has 3 heteroatoms. The van der Waals surface area contributed by atoms with E-state index in [2.05, 4.69) is 6.92 Å². The fraction of sp³-hybridized carbons (Fsp3) is 0.875. The van der Waals surface area contributed by atoms with E-state index in [1.807, 2.05) is 0 Å². The van der Waals surface area contributed by atoms with Crippen LogP contribution in [0.25, 0.3) is 0 Å². The van der Waals surface area contributed by atoms with Gasteiger partial charge in [-0.15, -0.1) is 0 Å². The Balaban J connectivity index is 2.85. The normalized spacial score (nSPS) is 9.91. The molecule has 3 nitrogen and oxygen atoms in total. The Hall–Kier alpha value is -0.570. The van der Waals surface area contributed by atoms with E-state index >= 15 is 0 Å². The van der Waals surface area contributed by atoms with Crippen molar-refractivity contribution in [2.75, 3.05) is 13.2 Å². The van der Waals surface area contributed by atoms with Gasteiger partial charge in [0.25, 0.3) is 0 Å². The van der Waals surface area contributed by atoms with E-state index in [0.29, 0.717) is 6.61 Å². The first-order valence-corrected chi connectivity index (χ1v) is 4.07. The summed E-state index contributed by atoms with van der Waals surface area (Å²) in [6, 6.07) is 0. The lowest BCUT2D eigenvalue weighted by Gasteiger charge is -1.99. The maximum atomic E-state index is 9.96. The second kappa shape index (κ2) is 7.54. The standard InChI is InChI=1S/C8H16O3/c1-2-3-4-5-6-11-7-8(9)10/h2-7H2,1H3,(H,9,10). The number of carboxylic acids is 1. The maximum absolute atomic E-state index is 9.96. The molecule has 0 aliphatic heterocycles. The van der Waals surface area contributed by atoms with Gasteiger partial charge in [0.15, 0.2) is 0 Å². The third-order valence-electron chi connectivity index (χ3n) is 1.37. The van der Waals surface area contributed by atoms with E-state index < -0.39 is 5.97 Å². The van der Waals surface area contributed by atoms with Gasteiger partial charge in [0, 0.05) is 6.61 Å². The summed E-state index contributed by atoms with van der Waals surface area (Å²) in [5.74, 6) is -0.888. The Morgan fingerprint density at radius 1 is 1.36 bits per heavy atom. The molecule has 0 aliphatic carbocycles. The van der Waals surface area contributed by atoms with Crippen LogP contribution >= 0.6 is 0 Å². The van der Waals surface area contributed by atoms with Crippen molar-refractivity contribution in [3.05, 3.63) is 0 Å². The summed E-state index contributed by atoms with van der Waals surface area (Å²) in [7, 11) is 0. The first-order chi connectivity index (χ1) is 5.27. The smallest absolute Gasteiger partial charge is 0.329 e. The topological polar surface area (TPSA) is 46.5 Å². The minimum atomic E-state index is -0.888. The molecule has 0 fully saturated rings. The van der Waals surface area contributed by atoms with Crippen LogP contribution in [-0.2, 0) is 9.53 Å². The lowest BCUT2D eigenvalue weighted by molar-refractivity contribution is -0.142. The molecular formula is C8H16O3. The number of ether oxygens (including phenoxy) is 1. The molecule has 0 aromatic carbocycles. The molecule has 0 atom stereocenters. The second-order valence-corrected chi connectivity index (χ2v) is 2.51. The Morgan fingerprint density at radius 2 is 2.09 bits per heavy atom. The van der Waals surface area contributed by atoms with Gasteiger partial charge in [-0.1, -0.05) is 26.2 Å². The molecule has 0 heterocycles. The van der Waals surface area contributed by atoms with Crippen LogP contribution in [0.15, 0.2) is 0 Å². The molecular weight excluding hydrogens is 144 g/mol. The summed E-state index contributed by atoms with van der Waals surface area (Å²) < 4.78 is 4.84. The third-order valence-corrected chi connectivity index (χ3v) is 1.37. The van der Waals surface area contributed by atoms with Crippen LogP contribution < -0.4 is 0 Å². The van der Waals surface area contributed by atoms with Crippen molar-refractivity contribution in [1.29, 1.82) is 0 Å². The first-order valence-electron chi connectivity index (χ1n) is 4.07. The molecule has 0 bridgehead atoms. The second-order valence-electron chi connectivity index (χ2n) is 2.51. The average molecular weight is 160 g/mol. The molecule has 11 heavy (non-hydrogen) atoms. The summed E-state index contributed by atoms with van der Waals surface area (Å²) in [6.07, 6.45) is 4.51. The Kier molecular flexibility index (Phi) is 7.15. The Morgan fingerprint density at radius 3 is 2.64 bits per heavy atom. The molecule has 0 saturated heterocycles. The summed E-state index contributed by atoms with van der Waals surface area (Å²) in [5.41, 5.74) is 0. The van der Waals surface area contributed by atoms with Gasteiger partial charge in [0.1, 0.15) is 6.61 Å². The SMILES string of the molecule is CCCCCCOCC(=O)O. The number of rotatable bonds is 7. The van der Waals surface area contributed by atoms with Crippen molar-refractivity contribution in [1.82, 2.24) is 0 Å². The number of aliphatic carboxylic acids is 1. The molecule has 0 amide bonds. The van der Waals surface area contributed by atoms with Crippen molar-refractivity contribution in [2.45, 2.75) is 32.6 Å². The minimum Gasteiger partial charge on any atom is -0.480 e. The number of carboxylic acid groups (broad SMARTS) is 1. The van der Waals surface area contributed by atoms with Gasteiger partial charge in [-0.3, -0.25) is 0 Å². The van der Waals surface area contributed by atoms with E-state index in [-0.39, 0.29) is 6.61 Å². The zero-order valence-electron chi connectivity index (χ0n) is 7.01. The van der Waals surface area contributed by atoms with Crippen molar-refractivity contribution >= 4 is 5.97 Å². The number of carbonyl (C=O) groups is 1. The van der Waals surface area contributed by atoms with Crippen LogP contribution in [-0.4, -0.2) is 24.3 Å². The van der Waals surface area contributed by atoms with Crippen LogP contribution in [0.2, 0.25) is 0 Å². The fourth-order valence-electron chi connectivity index (χ4n) is 0.790. The highest BCUT2D eigenvalue weighted by atomic mass is 16.5. The van der Waals surface area contributed by atoms with Gasteiger partial charge in [-0.05, 0) is 6.42 Å².